The van der Waals surface area contributed by atoms with Crippen molar-refractivity contribution in [3.8, 4) is 0 Å². The minimum Gasteiger partial charge on any atom is -0.466 e. The summed E-state index contributed by atoms with van der Waals surface area (Å²) in [6.45, 7) is 6.07. The van der Waals surface area contributed by atoms with Crippen LogP contribution in [0.5, 0.6) is 0 Å². The van der Waals surface area contributed by atoms with E-state index in [1.165, 1.54) is 18.3 Å². The van der Waals surface area contributed by atoms with Gasteiger partial charge in [-0.15, -0.1) is 0 Å². The van der Waals surface area contributed by atoms with E-state index in [2.05, 4.69) is 6.92 Å². The SMILES string of the molecule is COC(=O)C1=C2CCC(=O)C2(C)CC(C)=C(C)C1. The minimum absolute atomic E-state index is 0.257. The second-order valence-electron chi connectivity index (χ2n) is 5.62. The fourth-order valence-corrected chi connectivity index (χ4v) is 3.17. The van der Waals surface area contributed by atoms with Gasteiger partial charge in [0.05, 0.1) is 12.5 Å². The van der Waals surface area contributed by atoms with Gasteiger partial charge in [-0.25, -0.2) is 4.79 Å². The topological polar surface area (TPSA) is 43.4 Å². The maximum Gasteiger partial charge on any atom is 0.334 e. The third-order valence-corrected chi connectivity index (χ3v) is 4.47. The molecule has 0 saturated heterocycles. The average molecular weight is 248 g/mol. The second-order valence-corrected chi connectivity index (χ2v) is 5.62. The average Bonchev–Trinajstić information content (AvgIpc) is 2.56. The van der Waals surface area contributed by atoms with E-state index < -0.39 is 5.41 Å². The molecular formula is C15H20O3. The number of carbonyl (C=O) groups is 2. The van der Waals surface area contributed by atoms with Crippen LogP contribution < -0.4 is 0 Å². The van der Waals surface area contributed by atoms with E-state index in [0.717, 1.165) is 12.0 Å². The first-order chi connectivity index (χ1) is 8.40. The Bertz CT molecular complexity index is 482. The number of allylic oxidation sites excluding steroid dienone is 3. The highest BCUT2D eigenvalue weighted by Gasteiger charge is 2.45. The van der Waals surface area contributed by atoms with Crippen LogP contribution in [0.3, 0.4) is 0 Å². The molecule has 18 heavy (non-hydrogen) atoms. The van der Waals surface area contributed by atoms with Crippen LogP contribution in [0.2, 0.25) is 0 Å². The number of ether oxygens (including phenoxy) is 1. The van der Waals surface area contributed by atoms with Gasteiger partial charge < -0.3 is 4.74 Å². The predicted molar refractivity (Wildman–Crippen MR) is 69.0 cm³/mol. The Morgan fingerprint density at radius 2 is 1.89 bits per heavy atom. The van der Waals surface area contributed by atoms with Gasteiger partial charge in [-0.1, -0.05) is 11.1 Å². The van der Waals surface area contributed by atoms with Gasteiger partial charge in [0, 0.05) is 18.4 Å². The Morgan fingerprint density at radius 1 is 1.22 bits per heavy atom. The summed E-state index contributed by atoms with van der Waals surface area (Å²) < 4.78 is 4.89. The summed E-state index contributed by atoms with van der Waals surface area (Å²) in [6, 6.07) is 0. The van der Waals surface area contributed by atoms with Crippen molar-refractivity contribution in [2.24, 2.45) is 5.41 Å². The molecule has 0 aromatic carbocycles. The molecule has 0 aromatic rings. The van der Waals surface area contributed by atoms with Gasteiger partial charge in [0.1, 0.15) is 5.78 Å². The number of hydrogen-bond donors (Lipinski definition) is 0. The molecule has 1 atom stereocenters. The molecule has 0 bridgehead atoms. The summed E-state index contributed by atoms with van der Waals surface area (Å²) in [6.07, 6.45) is 2.63. The zero-order valence-electron chi connectivity index (χ0n) is 11.6. The van der Waals surface area contributed by atoms with Crippen LogP contribution >= 0.6 is 0 Å². The zero-order valence-corrected chi connectivity index (χ0v) is 11.6. The molecule has 0 spiro atoms. The van der Waals surface area contributed by atoms with Crippen LogP contribution in [-0.2, 0) is 14.3 Å². The van der Waals surface area contributed by atoms with Crippen molar-refractivity contribution in [1.29, 1.82) is 0 Å². The summed E-state index contributed by atoms with van der Waals surface area (Å²) in [4.78, 5) is 24.1. The second kappa shape index (κ2) is 4.38. The number of fused-ring (bicyclic) bond motifs is 1. The number of esters is 1. The standard InChI is InChI=1S/C15H20O3/c1-9-7-11(14(17)18-4)12-5-6-13(16)15(12,3)8-10(9)2/h5-8H2,1-4H3. The van der Waals surface area contributed by atoms with Gasteiger partial charge >= 0.3 is 5.97 Å². The fraction of sp³-hybridized carbons (Fsp3) is 0.600. The van der Waals surface area contributed by atoms with E-state index >= 15 is 0 Å². The van der Waals surface area contributed by atoms with Crippen LogP contribution in [0.25, 0.3) is 0 Å². The Hall–Kier alpha value is -1.38. The molecule has 0 heterocycles. The smallest absolute Gasteiger partial charge is 0.334 e. The third-order valence-electron chi connectivity index (χ3n) is 4.47. The van der Waals surface area contributed by atoms with Crippen molar-refractivity contribution in [1.82, 2.24) is 0 Å². The first-order valence-electron chi connectivity index (χ1n) is 6.39. The lowest BCUT2D eigenvalue weighted by Gasteiger charge is -2.25. The van der Waals surface area contributed by atoms with Crippen LogP contribution in [0.1, 0.15) is 46.5 Å². The molecular weight excluding hydrogens is 228 g/mol. The van der Waals surface area contributed by atoms with Crippen molar-refractivity contribution < 1.29 is 14.3 Å². The number of methoxy groups -OCH3 is 1. The van der Waals surface area contributed by atoms with Crippen molar-refractivity contribution in [2.75, 3.05) is 7.11 Å². The molecule has 2 aliphatic rings. The zero-order chi connectivity index (χ0) is 13.5. The summed E-state index contributed by atoms with van der Waals surface area (Å²) in [5.41, 5.74) is 3.65. The molecule has 0 aliphatic heterocycles. The highest BCUT2D eigenvalue weighted by atomic mass is 16.5. The molecule has 3 nitrogen and oxygen atoms in total. The van der Waals surface area contributed by atoms with Gasteiger partial charge in [0.15, 0.2) is 0 Å². The molecule has 1 saturated carbocycles. The van der Waals surface area contributed by atoms with E-state index in [4.69, 9.17) is 4.74 Å². The lowest BCUT2D eigenvalue weighted by Crippen LogP contribution is -2.25. The Labute approximate surface area is 108 Å². The summed E-state index contributed by atoms with van der Waals surface area (Å²) >= 11 is 0. The van der Waals surface area contributed by atoms with Gasteiger partial charge in [0.25, 0.3) is 0 Å². The molecule has 1 unspecified atom stereocenters. The molecule has 2 aliphatic carbocycles. The predicted octanol–water partition coefficient (Wildman–Crippen LogP) is 2.96. The Morgan fingerprint density at radius 3 is 2.50 bits per heavy atom. The molecule has 0 amide bonds. The Kier molecular flexibility index (Phi) is 3.18. The maximum atomic E-state index is 12.2. The van der Waals surface area contributed by atoms with Gasteiger partial charge in [0.2, 0.25) is 0 Å². The maximum absolute atomic E-state index is 12.2. The summed E-state index contributed by atoms with van der Waals surface area (Å²) in [7, 11) is 1.40. The molecule has 0 radical (unpaired) electrons. The number of hydrogen-bond acceptors (Lipinski definition) is 3. The van der Waals surface area contributed by atoms with Gasteiger partial charge in [-0.3, -0.25) is 4.79 Å². The molecule has 0 N–H and O–H groups in total. The van der Waals surface area contributed by atoms with Crippen LogP contribution in [0.4, 0.5) is 0 Å². The van der Waals surface area contributed by atoms with E-state index in [0.29, 0.717) is 24.8 Å². The van der Waals surface area contributed by atoms with Gasteiger partial charge in [-0.2, -0.15) is 0 Å². The molecule has 0 aromatic heterocycles. The van der Waals surface area contributed by atoms with E-state index in [9.17, 15) is 9.59 Å². The lowest BCUT2D eigenvalue weighted by molar-refractivity contribution is -0.136. The monoisotopic (exact) mass is 248 g/mol. The first-order valence-corrected chi connectivity index (χ1v) is 6.39. The third kappa shape index (κ3) is 1.82. The number of carbonyl (C=O) groups excluding carboxylic acids is 2. The van der Waals surface area contributed by atoms with Crippen molar-refractivity contribution in [3.63, 3.8) is 0 Å². The fourth-order valence-electron chi connectivity index (χ4n) is 3.17. The molecule has 3 heteroatoms. The van der Waals surface area contributed by atoms with Crippen LogP contribution in [0.15, 0.2) is 22.3 Å². The molecule has 1 fully saturated rings. The molecule has 2 rings (SSSR count). The van der Waals surface area contributed by atoms with Crippen molar-refractivity contribution in [2.45, 2.75) is 46.5 Å². The van der Waals surface area contributed by atoms with E-state index in [1.807, 2.05) is 13.8 Å². The van der Waals surface area contributed by atoms with Crippen LogP contribution in [-0.4, -0.2) is 18.9 Å². The lowest BCUT2D eigenvalue weighted by atomic mass is 9.77. The van der Waals surface area contributed by atoms with Crippen molar-refractivity contribution >= 4 is 11.8 Å². The van der Waals surface area contributed by atoms with Gasteiger partial charge in [-0.05, 0) is 39.2 Å². The highest BCUT2D eigenvalue weighted by Crippen LogP contribution is 2.49. The number of Topliss-reactive ketones (excluding diaryl/α,β-unsaturated/α-hetero) is 1. The quantitative estimate of drug-likeness (QED) is 0.529. The number of ketones is 1. The normalized spacial score (nSPS) is 28.3. The molecule has 98 valence electrons. The Balaban J connectivity index is 2.59. The largest absolute Gasteiger partial charge is 0.466 e. The summed E-state index contributed by atoms with van der Waals surface area (Å²) in [5, 5.41) is 0. The van der Waals surface area contributed by atoms with Crippen molar-refractivity contribution in [3.05, 3.63) is 22.3 Å². The van der Waals surface area contributed by atoms with E-state index in [-0.39, 0.29) is 11.8 Å². The first kappa shape index (κ1) is 13.1. The van der Waals surface area contributed by atoms with E-state index in [1.54, 1.807) is 0 Å². The minimum atomic E-state index is -0.481. The van der Waals surface area contributed by atoms with Crippen LogP contribution in [0, 0.1) is 5.41 Å². The number of rotatable bonds is 1. The highest BCUT2D eigenvalue weighted by molar-refractivity contribution is 5.97. The summed E-state index contributed by atoms with van der Waals surface area (Å²) in [5.74, 6) is -0.0204.